The average molecular weight is 474 g/mol. The number of fused-ring (bicyclic) bond motifs is 1. The van der Waals surface area contributed by atoms with Gasteiger partial charge in [0.25, 0.3) is 5.91 Å². The van der Waals surface area contributed by atoms with E-state index >= 15 is 0 Å². The standard InChI is InChI=1S/C23H22N8O4/c1-30-8-6-23(33,21(30)32)19-12-18(29-35-19)16-4-2-3-15(25-16)17-5-7-24-22(26-17)27-20-11-14-13-34-10-9-31(14)28-20/h2-5,7,11-12,33H,6,8-10,13H2,1H3,(H,24,26,27,28)/t23-/m1/s1. The number of likely N-dealkylation sites (tertiary alicyclic amines) is 1. The largest absolute Gasteiger partial charge is 0.373 e. The van der Waals surface area contributed by atoms with Crippen LogP contribution in [0.25, 0.3) is 22.8 Å². The number of aromatic nitrogens is 6. The molecule has 1 saturated heterocycles. The number of likely N-dealkylation sites (N-methyl/N-ethyl adjacent to an activating group) is 1. The van der Waals surface area contributed by atoms with E-state index in [1.807, 2.05) is 22.9 Å². The number of rotatable bonds is 5. The van der Waals surface area contributed by atoms with Crippen molar-refractivity contribution >= 4 is 17.7 Å². The van der Waals surface area contributed by atoms with Gasteiger partial charge in [-0.25, -0.2) is 15.0 Å². The third-order valence-corrected chi connectivity index (χ3v) is 6.16. The van der Waals surface area contributed by atoms with Crippen LogP contribution in [0.1, 0.15) is 17.9 Å². The molecular formula is C23H22N8O4. The lowest BCUT2D eigenvalue weighted by molar-refractivity contribution is -0.144. The van der Waals surface area contributed by atoms with Gasteiger partial charge in [-0.1, -0.05) is 11.2 Å². The second-order valence-electron chi connectivity index (χ2n) is 8.51. The summed E-state index contributed by atoms with van der Waals surface area (Å²) in [6, 6.07) is 10.7. The Hall–Kier alpha value is -4.16. The summed E-state index contributed by atoms with van der Waals surface area (Å²) in [4.78, 5) is 27.4. The van der Waals surface area contributed by atoms with Crippen LogP contribution in [-0.2, 0) is 28.3 Å². The van der Waals surface area contributed by atoms with Crippen LogP contribution >= 0.6 is 0 Å². The molecule has 2 N–H and O–H groups in total. The van der Waals surface area contributed by atoms with E-state index in [9.17, 15) is 9.90 Å². The Morgan fingerprint density at radius 2 is 1.91 bits per heavy atom. The summed E-state index contributed by atoms with van der Waals surface area (Å²) in [6.07, 6.45) is 1.89. The minimum Gasteiger partial charge on any atom is -0.373 e. The fraction of sp³-hybridized carbons (Fsp3) is 0.304. The Labute approximate surface area is 199 Å². The summed E-state index contributed by atoms with van der Waals surface area (Å²) < 4.78 is 12.7. The zero-order valence-electron chi connectivity index (χ0n) is 18.9. The van der Waals surface area contributed by atoms with E-state index in [1.165, 1.54) is 4.90 Å². The number of nitrogens with zero attached hydrogens (tertiary/aromatic N) is 7. The maximum absolute atomic E-state index is 12.4. The highest BCUT2D eigenvalue weighted by Crippen LogP contribution is 2.34. The maximum Gasteiger partial charge on any atom is 0.262 e. The van der Waals surface area contributed by atoms with E-state index in [0.717, 1.165) is 5.69 Å². The van der Waals surface area contributed by atoms with E-state index < -0.39 is 11.5 Å². The van der Waals surface area contributed by atoms with Crippen molar-refractivity contribution in [2.75, 3.05) is 25.5 Å². The minimum absolute atomic E-state index is 0.107. The molecule has 35 heavy (non-hydrogen) atoms. The van der Waals surface area contributed by atoms with Crippen LogP contribution in [0.4, 0.5) is 11.8 Å². The van der Waals surface area contributed by atoms with Gasteiger partial charge < -0.3 is 24.6 Å². The SMILES string of the molecule is CN1CC[C@@](O)(c2cc(-c3cccc(-c4ccnc(Nc5cc6n(n5)CCOC6)n4)n3)no2)C1=O. The number of ether oxygens (including phenoxy) is 1. The molecule has 4 aromatic rings. The summed E-state index contributed by atoms with van der Waals surface area (Å²) in [5, 5.41) is 22.5. The number of carbonyl (C=O) groups excluding carboxylic acids is 1. The molecule has 6 rings (SSSR count). The first-order valence-electron chi connectivity index (χ1n) is 11.2. The average Bonchev–Trinajstić information content (AvgIpc) is 3.60. The number of aliphatic hydroxyl groups is 1. The van der Waals surface area contributed by atoms with Gasteiger partial charge in [-0.2, -0.15) is 5.10 Å². The quantitative estimate of drug-likeness (QED) is 0.438. The first-order chi connectivity index (χ1) is 17.0. The lowest BCUT2D eigenvalue weighted by Crippen LogP contribution is -2.35. The van der Waals surface area contributed by atoms with Gasteiger partial charge in [-0.05, 0) is 18.2 Å². The molecule has 178 valence electrons. The molecular weight excluding hydrogens is 452 g/mol. The normalized spacial score (nSPS) is 19.7. The molecule has 2 aliphatic rings. The van der Waals surface area contributed by atoms with Crippen molar-refractivity contribution in [3.05, 3.63) is 54.0 Å². The molecule has 0 unspecified atom stereocenters. The first kappa shape index (κ1) is 21.4. The van der Waals surface area contributed by atoms with Gasteiger partial charge in [0.2, 0.25) is 11.5 Å². The zero-order valence-corrected chi connectivity index (χ0v) is 18.9. The topological polar surface area (TPSA) is 144 Å². The van der Waals surface area contributed by atoms with Crippen LogP contribution in [0.3, 0.4) is 0 Å². The first-order valence-corrected chi connectivity index (χ1v) is 11.2. The van der Waals surface area contributed by atoms with E-state index in [1.54, 1.807) is 31.4 Å². The summed E-state index contributed by atoms with van der Waals surface area (Å²) >= 11 is 0. The summed E-state index contributed by atoms with van der Waals surface area (Å²) in [7, 11) is 1.64. The van der Waals surface area contributed by atoms with Crippen LogP contribution < -0.4 is 5.32 Å². The van der Waals surface area contributed by atoms with Crippen molar-refractivity contribution in [3.63, 3.8) is 0 Å². The van der Waals surface area contributed by atoms with Crippen LogP contribution in [0.2, 0.25) is 0 Å². The van der Waals surface area contributed by atoms with Gasteiger partial charge in [0, 0.05) is 38.3 Å². The number of pyridine rings is 1. The predicted octanol–water partition coefficient (Wildman–Crippen LogP) is 1.71. The predicted molar refractivity (Wildman–Crippen MR) is 122 cm³/mol. The van der Waals surface area contributed by atoms with E-state index in [0.29, 0.717) is 60.8 Å². The van der Waals surface area contributed by atoms with Crippen molar-refractivity contribution in [2.45, 2.75) is 25.2 Å². The molecule has 12 nitrogen and oxygen atoms in total. The Kier molecular flexibility index (Phi) is 5.04. The number of hydrogen-bond acceptors (Lipinski definition) is 10. The van der Waals surface area contributed by atoms with E-state index in [2.05, 4.69) is 30.5 Å². The lowest BCUT2D eigenvalue weighted by Gasteiger charge is -2.16. The third kappa shape index (κ3) is 3.82. The summed E-state index contributed by atoms with van der Waals surface area (Å²) in [6.45, 7) is 2.32. The van der Waals surface area contributed by atoms with Gasteiger partial charge in [0.15, 0.2) is 11.6 Å². The molecule has 0 spiro atoms. The van der Waals surface area contributed by atoms with Crippen LogP contribution in [0, 0.1) is 0 Å². The van der Waals surface area contributed by atoms with E-state index in [-0.39, 0.29) is 12.2 Å². The van der Waals surface area contributed by atoms with Crippen molar-refractivity contribution < 1.29 is 19.2 Å². The summed E-state index contributed by atoms with van der Waals surface area (Å²) in [5.41, 5.74) is 1.43. The maximum atomic E-state index is 12.4. The molecule has 4 aromatic heterocycles. The molecule has 6 heterocycles. The molecule has 0 radical (unpaired) electrons. The molecule has 0 saturated carbocycles. The number of nitrogens with one attached hydrogen (secondary N) is 1. The third-order valence-electron chi connectivity index (χ3n) is 6.16. The molecule has 1 atom stereocenters. The van der Waals surface area contributed by atoms with Crippen LogP contribution in [0.15, 0.2) is 47.1 Å². The molecule has 1 amide bonds. The lowest BCUT2D eigenvalue weighted by atomic mass is 9.98. The van der Waals surface area contributed by atoms with Crippen molar-refractivity contribution in [2.24, 2.45) is 0 Å². The van der Waals surface area contributed by atoms with Gasteiger partial charge in [-0.3, -0.25) is 9.48 Å². The molecule has 0 aliphatic carbocycles. The Balaban J connectivity index is 1.25. The van der Waals surface area contributed by atoms with Gasteiger partial charge in [0.05, 0.1) is 42.5 Å². The molecule has 0 bridgehead atoms. The Morgan fingerprint density at radius 3 is 2.71 bits per heavy atom. The second-order valence-corrected chi connectivity index (χ2v) is 8.51. The van der Waals surface area contributed by atoms with Gasteiger partial charge in [-0.15, -0.1) is 0 Å². The highest BCUT2D eigenvalue weighted by atomic mass is 16.5. The van der Waals surface area contributed by atoms with E-state index in [4.69, 9.17) is 9.26 Å². The smallest absolute Gasteiger partial charge is 0.262 e. The monoisotopic (exact) mass is 474 g/mol. The number of hydrogen-bond donors (Lipinski definition) is 2. The Morgan fingerprint density at radius 1 is 1.09 bits per heavy atom. The van der Waals surface area contributed by atoms with Gasteiger partial charge >= 0.3 is 0 Å². The number of amides is 1. The van der Waals surface area contributed by atoms with Gasteiger partial charge in [0.1, 0.15) is 5.69 Å². The van der Waals surface area contributed by atoms with Crippen molar-refractivity contribution in [3.8, 4) is 22.8 Å². The molecule has 1 fully saturated rings. The highest BCUT2D eigenvalue weighted by molar-refractivity contribution is 5.87. The minimum atomic E-state index is -1.71. The second kappa shape index (κ2) is 8.25. The zero-order chi connectivity index (χ0) is 24.0. The molecule has 2 aliphatic heterocycles. The summed E-state index contributed by atoms with van der Waals surface area (Å²) in [5.74, 6) is 0.732. The molecule has 0 aromatic carbocycles. The van der Waals surface area contributed by atoms with Crippen molar-refractivity contribution in [1.82, 2.24) is 34.8 Å². The number of carbonyl (C=O) groups is 1. The van der Waals surface area contributed by atoms with Crippen molar-refractivity contribution in [1.29, 1.82) is 0 Å². The van der Waals surface area contributed by atoms with Crippen LogP contribution in [0.5, 0.6) is 0 Å². The fourth-order valence-electron chi connectivity index (χ4n) is 4.22. The van der Waals surface area contributed by atoms with Crippen LogP contribution in [-0.4, -0.2) is 66.0 Å². The fourth-order valence-corrected chi connectivity index (χ4v) is 4.22. The highest BCUT2D eigenvalue weighted by Gasteiger charge is 2.48. The number of anilines is 2. The Bertz CT molecular complexity index is 1390. The molecule has 12 heteroatoms.